The number of H-pyrrole nitrogens is 1. The number of nitrogens with one attached hydrogen (secondary N) is 1. The van der Waals surface area contributed by atoms with Crippen LogP contribution >= 0.6 is 0 Å². The summed E-state index contributed by atoms with van der Waals surface area (Å²) >= 11 is 0. The van der Waals surface area contributed by atoms with E-state index in [0.717, 1.165) is 0 Å². The lowest BCUT2D eigenvalue weighted by molar-refractivity contribution is -0.145. The molecule has 0 aliphatic rings. The maximum absolute atomic E-state index is 11.9. The third kappa shape index (κ3) is 3.77. The number of esters is 1. The monoisotopic (exact) mass is 338 g/mol. The average Bonchev–Trinajstić information content (AvgIpc) is 2.60. The maximum Gasteiger partial charge on any atom is 0.344 e. The Hall–Kier alpha value is -3.78. The molecule has 0 unspecified atom stereocenters. The molecule has 0 saturated heterocycles. The third-order valence-electron chi connectivity index (χ3n) is 3.25. The zero-order valence-electron chi connectivity index (χ0n) is 13.3. The van der Waals surface area contributed by atoms with Crippen molar-refractivity contribution in [2.24, 2.45) is 0 Å². The van der Waals surface area contributed by atoms with E-state index >= 15 is 0 Å². The largest absolute Gasteiger partial charge is 0.482 e. The summed E-state index contributed by atoms with van der Waals surface area (Å²) in [5, 5.41) is 18.6. The normalized spacial score (nSPS) is 9.72. The second-order valence-corrected chi connectivity index (χ2v) is 4.84. The standard InChI is InChI=1S/C17H14N4O4/c1-2-24-14(22)9-25-11-5-3-4-10(6-11)15-12(7-18)16(20)21-17(23)13(15)8-19/h3-6H,2,9H2,1H3,(H3,20,21,23). The van der Waals surface area contributed by atoms with E-state index < -0.39 is 11.5 Å². The first-order valence-electron chi connectivity index (χ1n) is 7.26. The topological polar surface area (TPSA) is 142 Å². The molecule has 0 bridgehead atoms. The van der Waals surface area contributed by atoms with Crippen LogP contribution in [-0.4, -0.2) is 24.2 Å². The number of ether oxygens (including phenoxy) is 2. The van der Waals surface area contributed by atoms with Gasteiger partial charge in [-0.05, 0) is 24.6 Å². The number of pyridine rings is 1. The number of aromatic amines is 1. The van der Waals surface area contributed by atoms with Gasteiger partial charge in [0.25, 0.3) is 5.56 Å². The summed E-state index contributed by atoms with van der Waals surface area (Å²) in [5.41, 5.74) is 5.27. The van der Waals surface area contributed by atoms with Gasteiger partial charge >= 0.3 is 5.97 Å². The zero-order valence-corrected chi connectivity index (χ0v) is 13.3. The molecule has 8 nitrogen and oxygen atoms in total. The van der Waals surface area contributed by atoms with Crippen LogP contribution in [0.4, 0.5) is 5.82 Å². The van der Waals surface area contributed by atoms with Crippen molar-refractivity contribution < 1.29 is 14.3 Å². The van der Waals surface area contributed by atoms with Gasteiger partial charge in [-0.1, -0.05) is 12.1 Å². The molecule has 0 spiro atoms. The number of benzene rings is 1. The smallest absolute Gasteiger partial charge is 0.344 e. The number of carbonyl (C=O) groups excluding carboxylic acids is 1. The third-order valence-corrected chi connectivity index (χ3v) is 3.25. The van der Waals surface area contributed by atoms with Crippen molar-refractivity contribution in [3.8, 4) is 29.0 Å². The van der Waals surface area contributed by atoms with Crippen LogP contribution in [-0.2, 0) is 9.53 Å². The van der Waals surface area contributed by atoms with Crippen molar-refractivity contribution in [2.45, 2.75) is 6.92 Å². The Morgan fingerprint density at radius 1 is 1.28 bits per heavy atom. The molecule has 0 aliphatic carbocycles. The summed E-state index contributed by atoms with van der Waals surface area (Å²) in [5.74, 6) is -0.333. The van der Waals surface area contributed by atoms with Gasteiger partial charge in [-0.15, -0.1) is 0 Å². The summed E-state index contributed by atoms with van der Waals surface area (Å²) in [4.78, 5) is 25.6. The highest BCUT2D eigenvalue weighted by molar-refractivity contribution is 5.80. The van der Waals surface area contributed by atoms with E-state index in [0.29, 0.717) is 11.3 Å². The van der Waals surface area contributed by atoms with Crippen molar-refractivity contribution in [1.82, 2.24) is 4.98 Å². The first-order valence-corrected chi connectivity index (χ1v) is 7.26. The lowest BCUT2D eigenvalue weighted by atomic mass is 9.96. The molecule has 0 radical (unpaired) electrons. The lowest BCUT2D eigenvalue weighted by Gasteiger charge is -2.11. The Morgan fingerprint density at radius 2 is 2.00 bits per heavy atom. The van der Waals surface area contributed by atoms with Crippen molar-refractivity contribution >= 4 is 11.8 Å². The van der Waals surface area contributed by atoms with Crippen LogP contribution in [0.15, 0.2) is 29.1 Å². The number of hydrogen-bond acceptors (Lipinski definition) is 7. The fraction of sp³-hybridized carbons (Fsp3) is 0.176. The van der Waals surface area contributed by atoms with Crippen molar-refractivity contribution in [2.75, 3.05) is 18.9 Å². The predicted octanol–water partition coefficient (Wildman–Crippen LogP) is 1.31. The first kappa shape index (κ1) is 17.6. The number of anilines is 1. The number of nitrogens with zero attached hydrogens (tertiary/aromatic N) is 2. The zero-order chi connectivity index (χ0) is 18.4. The molecule has 0 aliphatic heterocycles. The minimum Gasteiger partial charge on any atom is -0.482 e. The second-order valence-electron chi connectivity index (χ2n) is 4.84. The SMILES string of the molecule is CCOC(=O)COc1cccc(-c2c(C#N)c(N)[nH]c(=O)c2C#N)c1. The van der Waals surface area contributed by atoms with E-state index in [1.165, 1.54) is 6.07 Å². The van der Waals surface area contributed by atoms with Crippen molar-refractivity contribution in [1.29, 1.82) is 10.5 Å². The van der Waals surface area contributed by atoms with E-state index in [4.69, 9.17) is 15.2 Å². The van der Waals surface area contributed by atoms with Crippen LogP contribution in [0.5, 0.6) is 5.75 Å². The van der Waals surface area contributed by atoms with Crippen LogP contribution in [0.3, 0.4) is 0 Å². The first-order chi connectivity index (χ1) is 12.0. The van der Waals surface area contributed by atoms with Crippen molar-refractivity contribution in [3.63, 3.8) is 0 Å². The van der Waals surface area contributed by atoms with Crippen LogP contribution in [0.2, 0.25) is 0 Å². The van der Waals surface area contributed by atoms with Gasteiger partial charge in [-0.25, -0.2) is 4.79 Å². The van der Waals surface area contributed by atoms with Crippen LogP contribution in [0.1, 0.15) is 18.1 Å². The van der Waals surface area contributed by atoms with Gasteiger partial charge < -0.3 is 20.2 Å². The molecule has 25 heavy (non-hydrogen) atoms. The second kappa shape index (κ2) is 7.66. The molecule has 1 aromatic heterocycles. The van der Waals surface area contributed by atoms with Crippen LogP contribution in [0.25, 0.3) is 11.1 Å². The molecule has 0 fully saturated rings. The van der Waals surface area contributed by atoms with Gasteiger partial charge in [-0.3, -0.25) is 4.79 Å². The Kier molecular flexibility index (Phi) is 5.39. The Bertz CT molecular complexity index is 951. The number of nitrogen functional groups attached to an aromatic ring is 1. The quantitative estimate of drug-likeness (QED) is 0.782. The summed E-state index contributed by atoms with van der Waals surface area (Å²) in [6, 6.07) is 9.99. The van der Waals surface area contributed by atoms with Crippen LogP contribution in [0, 0.1) is 22.7 Å². The molecular weight excluding hydrogens is 324 g/mol. The highest BCUT2D eigenvalue weighted by Gasteiger charge is 2.18. The van der Waals surface area contributed by atoms with Crippen molar-refractivity contribution in [3.05, 3.63) is 45.7 Å². The molecular formula is C17H14N4O4. The van der Waals surface area contributed by atoms with Gasteiger partial charge in [0.15, 0.2) is 6.61 Å². The van der Waals surface area contributed by atoms with Gasteiger partial charge in [0.05, 0.1) is 6.61 Å². The van der Waals surface area contributed by atoms with Gasteiger partial charge in [0.2, 0.25) is 0 Å². The molecule has 0 saturated carbocycles. The Balaban J connectivity index is 2.49. The Labute approximate surface area is 143 Å². The summed E-state index contributed by atoms with van der Waals surface area (Å²) in [6.45, 7) is 1.64. The molecule has 126 valence electrons. The van der Waals surface area contributed by atoms with E-state index in [-0.39, 0.29) is 35.7 Å². The predicted molar refractivity (Wildman–Crippen MR) is 88.5 cm³/mol. The average molecular weight is 338 g/mol. The molecule has 2 rings (SSSR count). The fourth-order valence-electron chi connectivity index (χ4n) is 2.22. The summed E-state index contributed by atoms with van der Waals surface area (Å²) < 4.78 is 10.1. The minimum absolute atomic E-state index is 0.0151. The summed E-state index contributed by atoms with van der Waals surface area (Å²) in [6.07, 6.45) is 0. The summed E-state index contributed by atoms with van der Waals surface area (Å²) in [7, 11) is 0. The number of nitrogens with two attached hydrogens (primary N) is 1. The number of hydrogen-bond donors (Lipinski definition) is 2. The molecule has 1 aromatic carbocycles. The number of aromatic nitrogens is 1. The Morgan fingerprint density at radius 3 is 2.64 bits per heavy atom. The number of rotatable bonds is 5. The van der Waals surface area contributed by atoms with E-state index in [9.17, 15) is 20.1 Å². The lowest BCUT2D eigenvalue weighted by Crippen LogP contribution is -2.16. The number of carbonyl (C=O) groups is 1. The van der Waals surface area contributed by atoms with Gasteiger partial charge in [0.1, 0.15) is 34.8 Å². The number of nitriles is 2. The highest BCUT2D eigenvalue weighted by Crippen LogP contribution is 2.30. The van der Waals surface area contributed by atoms with Gasteiger partial charge in [0, 0.05) is 5.56 Å². The van der Waals surface area contributed by atoms with E-state index in [1.54, 1.807) is 31.2 Å². The molecule has 1 heterocycles. The maximum atomic E-state index is 11.9. The fourth-order valence-corrected chi connectivity index (χ4v) is 2.22. The molecule has 2 aromatic rings. The molecule has 0 atom stereocenters. The molecule has 3 N–H and O–H groups in total. The minimum atomic E-state index is -0.688. The van der Waals surface area contributed by atoms with E-state index in [2.05, 4.69) is 4.98 Å². The van der Waals surface area contributed by atoms with E-state index in [1.807, 2.05) is 6.07 Å². The highest BCUT2D eigenvalue weighted by atomic mass is 16.6. The van der Waals surface area contributed by atoms with Crippen LogP contribution < -0.4 is 16.0 Å². The molecule has 8 heteroatoms. The van der Waals surface area contributed by atoms with Gasteiger partial charge in [-0.2, -0.15) is 10.5 Å². The molecule has 0 amide bonds.